The first-order valence-corrected chi connectivity index (χ1v) is 7.87. The summed E-state index contributed by atoms with van der Waals surface area (Å²) in [5.74, 6) is -0.663. The molecule has 3 aromatic rings. The molecule has 1 aromatic heterocycles. The van der Waals surface area contributed by atoms with Crippen LogP contribution in [0.5, 0.6) is 0 Å². The smallest absolute Gasteiger partial charge is 0.261 e. The minimum atomic E-state index is -3.82. The van der Waals surface area contributed by atoms with Crippen molar-refractivity contribution in [2.45, 2.75) is 4.90 Å². The summed E-state index contributed by atoms with van der Waals surface area (Å²) in [6, 6.07) is 10.2. The molecule has 0 saturated carbocycles. The molecule has 0 unspecified atom stereocenters. The topological polar surface area (TPSA) is 62.0 Å². The Morgan fingerprint density at radius 3 is 2.67 bits per heavy atom. The molecule has 0 amide bonds. The molecular weight excluding hydrogens is 315 g/mol. The van der Waals surface area contributed by atoms with E-state index < -0.39 is 15.8 Å². The molecule has 4 nitrogen and oxygen atoms in total. The van der Waals surface area contributed by atoms with Crippen LogP contribution >= 0.6 is 11.6 Å². The van der Waals surface area contributed by atoms with E-state index in [1.807, 2.05) is 6.07 Å². The number of halogens is 2. The first-order valence-electron chi connectivity index (χ1n) is 6.01. The Hall–Kier alpha value is -2.05. The highest BCUT2D eigenvalue weighted by atomic mass is 35.5. The van der Waals surface area contributed by atoms with Gasteiger partial charge in [-0.3, -0.25) is 4.72 Å². The lowest BCUT2D eigenvalue weighted by atomic mass is 10.2. The second-order valence-electron chi connectivity index (χ2n) is 4.46. The van der Waals surface area contributed by atoms with Crippen molar-refractivity contribution in [1.82, 2.24) is 4.98 Å². The van der Waals surface area contributed by atoms with E-state index in [0.717, 1.165) is 23.0 Å². The number of aromatic nitrogens is 1. The van der Waals surface area contributed by atoms with Gasteiger partial charge in [0.05, 0.1) is 9.92 Å². The molecule has 1 heterocycles. The van der Waals surface area contributed by atoms with E-state index in [2.05, 4.69) is 9.71 Å². The SMILES string of the molecule is O=S(=O)(Nc1ccc2[nH]ccc2c1)c1ccc(F)c(Cl)c1. The van der Waals surface area contributed by atoms with Crippen LogP contribution in [0.25, 0.3) is 10.9 Å². The Bertz CT molecular complexity index is 922. The van der Waals surface area contributed by atoms with Crippen LogP contribution in [0.2, 0.25) is 5.02 Å². The van der Waals surface area contributed by atoms with E-state index in [9.17, 15) is 12.8 Å². The Balaban J connectivity index is 1.96. The maximum Gasteiger partial charge on any atom is 0.261 e. The van der Waals surface area contributed by atoms with Gasteiger partial charge in [-0.05, 0) is 42.5 Å². The fourth-order valence-corrected chi connectivity index (χ4v) is 3.30. The van der Waals surface area contributed by atoms with Gasteiger partial charge in [0.2, 0.25) is 0 Å². The maximum absolute atomic E-state index is 13.1. The van der Waals surface area contributed by atoms with Gasteiger partial charge < -0.3 is 4.98 Å². The molecule has 2 aromatic carbocycles. The number of nitrogens with one attached hydrogen (secondary N) is 2. The molecule has 108 valence electrons. The summed E-state index contributed by atoms with van der Waals surface area (Å²) < 4.78 is 40.0. The second kappa shape index (κ2) is 5.05. The molecule has 0 saturated heterocycles. The van der Waals surface area contributed by atoms with Gasteiger partial charge in [-0.1, -0.05) is 11.6 Å². The normalized spacial score (nSPS) is 11.7. The number of sulfonamides is 1. The highest BCUT2D eigenvalue weighted by Gasteiger charge is 2.16. The van der Waals surface area contributed by atoms with Gasteiger partial charge in [0, 0.05) is 22.8 Å². The summed E-state index contributed by atoms with van der Waals surface area (Å²) in [6.07, 6.45) is 1.77. The monoisotopic (exact) mass is 324 g/mol. The summed E-state index contributed by atoms with van der Waals surface area (Å²) >= 11 is 5.61. The van der Waals surface area contributed by atoms with Crippen LogP contribution in [0.1, 0.15) is 0 Å². The molecule has 0 radical (unpaired) electrons. The van der Waals surface area contributed by atoms with Crippen LogP contribution in [-0.2, 0) is 10.0 Å². The molecule has 0 aliphatic heterocycles. The van der Waals surface area contributed by atoms with Gasteiger partial charge in [-0.2, -0.15) is 0 Å². The van der Waals surface area contributed by atoms with Crippen LogP contribution in [0.4, 0.5) is 10.1 Å². The van der Waals surface area contributed by atoms with Gasteiger partial charge in [-0.15, -0.1) is 0 Å². The van der Waals surface area contributed by atoms with Crippen molar-refractivity contribution in [3.8, 4) is 0 Å². The average molecular weight is 325 g/mol. The third kappa shape index (κ3) is 2.72. The zero-order valence-corrected chi connectivity index (χ0v) is 12.2. The number of hydrogen-bond donors (Lipinski definition) is 2. The summed E-state index contributed by atoms with van der Waals surface area (Å²) in [4.78, 5) is 2.92. The van der Waals surface area contributed by atoms with Crippen molar-refractivity contribution >= 4 is 38.2 Å². The molecule has 0 bridgehead atoms. The van der Waals surface area contributed by atoms with Gasteiger partial charge in [0.15, 0.2) is 0 Å². The van der Waals surface area contributed by atoms with Crippen LogP contribution in [0.15, 0.2) is 53.6 Å². The van der Waals surface area contributed by atoms with Crippen molar-refractivity contribution in [3.63, 3.8) is 0 Å². The minimum absolute atomic E-state index is 0.0944. The fraction of sp³-hybridized carbons (Fsp3) is 0. The van der Waals surface area contributed by atoms with Crippen molar-refractivity contribution in [2.75, 3.05) is 4.72 Å². The lowest BCUT2D eigenvalue weighted by Crippen LogP contribution is -2.13. The second-order valence-corrected chi connectivity index (χ2v) is 6.55. The first kappa shape index (κ1) is 13.9. The molecule has 21 heavy (non-hydrogen) atoms. The molecule has 0 atom stereocenters. The largest absolute Gasteiger partial charge is 0.361 e. The van der Waals surface area contributed by atoms with Gasteiger partial charge >= 0.3 is 0 Å². The number of benzene rings is 2. The number of fused-ring (bicyclic) bond motifs is 1. The van der Waals surface area contributed by atoms with E-state index >= 15 is 0 Å². The Labute approximate surface area is 125 Å². The quantitative estimate of drug-likeness (QED) is 0.770. The van der Waals surface area contributed by atoms with E-state index in [0.29, 0.717) is 5.69 Å². The lowest BCUT2D eigenvalue weighted by molar-refractivity contribution is 0.599. The molecule has 0 aliphatic carbocycles. The highest BCUT2D eigenvalue weighted by molar-refractivity contribution is 7.92. The standard InChI is InChI=1S/C14H10ClFN2O2S/c15-12-8-11(2-3-13(12)16)21(19,20)18-10-1-4-14-9(7-10)5-6-17-14/h1-8,17-18H. The molecule has 0 spiro atoms. The van der Waals surface area contributed by atoms with E-state index in [-0.39, 0.29) is 9.92 Å². The van der Waals surface area contributed by atoms with Crippen molar-refractivity contribution in [2.24, 2.45) is 0 Å². The van der Waals surface area contributed by atoms with E-state index in [4.69, 9.17) is 11.6 Å². The van der Waals surface area contributed by atoms with Crippen molar-refractivity contribution in [1.29, 1.82) is 0 Å². The maximum atomic E-state index is 13.1. The molecule has 3 rings (SSSR count). The van der Waals surface area contributed by atoms with Gasteiger partial charge in [0.25, 0.3) is 10.0 Å². The zero-order chi connectivity index (χ0) is 15.0. The average Bonchev–Trinajstić information content (AvgIpc) is 2.88. The fourth-order valence-electron chi connectivity index (χ4n) is 1.97. The third-order valence-electron chi connectivity index (χ3n) is 3.01. The van der Waals surface area contributed by atoms with Gasteiger partial charge in [0.1, 0.15) is 5.82 Å². The molecule has 7 heteroatoms. The predicted molar refractivity (Wildman–Crippen MR) is 80.5 cm³/mol. The Morgan fingerprint density at radius 2 is 1.90 bits per heavy atom. The summed E-state index contributed by atoms with van der Waals surface area (Å²) in [6.45, 7) is 0. The van der Waals surface area contributed by atoms with Crippen molar-refractivity contribution < 1.29 is 12.8 Å². The minimum Gasteiger partial charge on any atom is -0.361 e. The number of H-pyrrole nitrogens is 1. The first-order chi connectivity index (χ1) is 9.95. The highest BCUT2D eigenvalue weighted by Crippen LogP contribution is 2.23. The van der Waals surface area contributed by atoms with Crippen LogP contribution in [-0.4, -0.2) is 13.4 Å². The zero-order valence-electron chi connectivity index (χ0n) is 10.6. The summed E-state index contributed by atoms with van der Waals surface area (Å²) in [5, 5.41) is 0.645. The molecule has 2 N–H and O–H groups in total. The lowest BCUT2D eigenvalue weighted by Gasteiger charge is -2.08. The molecule has 0 fully saturated rings. The third-order valence-corrected chi connectivity index (χ3v) is 4.68. The number of anilines is 1. The Kier molecular flexibility index (Phi) is 3.35. The number of hydrogen-bond acceptors (Lipinski definition) is 2. The summed E-state index contributed by atoms with van der Waals surface area (Å²) in [5.41, 5.74) is 1.32. The summed E-state index contributed by atoms with van der Waals surface area (Å²) in [7, 11) is -3.82. The van der Waals surface area contributed by atoms with E-state index in [1.165, 1.54) is 6.07 Å². The Morgan fingerprint density at radius 1 is 1.10 bits per heavy atom. The molecule has 0 aliphatic rings. The number of rotatable bonds is 3. The van der Waals surface area contributed by atoms with Crippen LogP contribution in [0.3, 0.4) is 0 Å². The number of aromatic amines is 1. The molecular formula is C14H10ClFN2O2S. The van der Waals surface area contributed by atoms with Crippen LogP contribution in [0, 0.1) is 5.82 Å². The van der Waals surface area contributed by atoms with E-state index in [1.54, 1.807) is 24.4 Å². The van der Waals surface area contributed by atoms with Crippen LogP contribution < -0.4 is 4.72 Å². The van der Waals surface area contributed by atoms with Gasteiger partial charge in [-0.25, -0.2) is 12.8 Å². The predicted octanol–water partition coefficient (Wildman–Crippen LogP) is 3.76. The van der Waals surface area contributed by atoms with Crippen molar-refractivity contribution in [3.05, 3.63) is 59.5 Å².